The first kappa shape index (κ1) is 11.6. The monoisotopic (exact) mass is 186 g/mol. The van der Waals surface area contributed by atoms with Gasteiger partial charge in [-0.2, -0.15) is 13.0 Å². The number of nitrogens with one attached hydrogen (secondary N) is 1. The first-order valence-electron chi connectivity index (χ1n) is 2.52. The number of rotatable bonds is 2. The van der Waals surface area contributed by atoms with Gasteiger partial charge in [0.2, 0.25) is 0 Å². The molecule has 0 aliphatic rings. The average Bonchev–Trinajstić information content (AvgIpc) is 1.68. The summed E-state index contributed by atoms with van der Waals surface area (Å²) in [7, 11) is 0. The maximum absolute atomic E-state index is 6.81. The van der Waals surface area contributed by atoms with Gasteiger partial charge in [0.25, 0.3) is 0 Å². The van der Waals surface area contributed by atoms with Gasteiger partial charge < -0.3 is 11.8 Å². The Hall–Kier alpha value is 0.804. The van der Waals surface area contributed by atoms with Crippen LogP contribution in [-0.4, -0.2) is 6.54 Å². The van der Waals surface area contributed by atoms with E-state index in [4.69, 9.17) is 5.73 Å². The fraction of sp³-hybridized carbons (Fsp3) is 0.667. The van der Waals surface area contributed by atoms with Gasteiger partial charge in [-0.15, -0.1) is 0 Å². The third kappa shape index (κ3) is 6.80. The molecule has 0 aliphatic carbocycles. The van der Waals surface area contributed by atoms with E-state index in [1.165, 1.54) is 0 Å². The van der Waals surface area contributed by atoms with Crippen molar-refractivity contribution in [2.75, 3.05) is 6.54 Å². The molecule has 0 heterocycles. The number of hydrogen-bond donors (Lipinski definition) is 0. The number of allylic oxidation sites excluding steroid dienone is 1. The van der Waals surface area contributed by atoms with E-state index in [9.17, 15) is 0 Å². The smallest absolute Gasteiger partial charge is 0 e. The maximum atomic E-state index is 6.81. The molecule has 0 saturated heterocycles. The Morgan fingerprint density at radius 2 is 2.12 bits per heavy atom. The summed E-state index contributed by atoms with van der Waals surface area (Å²) in [6.45, 7) is 4.35. The topological polar surface area (TPSA) is 23.8 Å². The van der Waals surface area contributed by atoms with Gasteiger partial charge in [-0.25, -0.2) is 0 Å². The van der Waals surface area contributed by atoms with Gasteiger partial charge >= 0.3 is 0 Å². The maximum Gasteiger partial charge on any atom is 0 e. The van der Waals surface area contributed by atoms with E-state index in [-0.39, 0.29) is 32.7 Å². The van der Waals surface area contributed by atoms with Crippen LogP contribution in [0.5, 0.6) is 0 Å². The van der Waals surface area contributed by atoms with Crippen molar-refractivity contribution in [3.8, 4) is 0 Å². The molecule has 1 nitrogen and oxygen atoms in total. The summed E-state index contributed by atoms with van der Waals surface area (Å²) in [6.07, 6.45) is 3.96. The number of hydrogen-bond acceptors (Lipinski definition) is 0. The molecule has 45 valence electrons. The third-order valence-corrected chi connectivity index (χ3v) is 0.744. The molecule has 0 unspecified atom stereocenters. The van der Waals surface area contributed by atoms with E-state index in [0.717, 1.165) is 12.0 Å². The van der Waals surface area contributed by atoms with Crippen molar-refractivity contribution in [1.82, 2.24) is 0 Å². The van der Waals surface area contributed by atoms with Gasteiger partial charge in [0.15, 0.2) is 0 Å². The quantitative estimate of drug-likeness (QED) is 0.590. The zero-order valence-corrected chi connectivity index (χ0v) is 8.33. The zero-order chi connectivity index (χ0) is 5.70. The standard InChI is InChI=1S/C6H11N.Y/c1-3-4-6(2)5-7;/h7H,3,5H2,1-2H3;/q-2;. The zero-order valence-electron chi connectivity index (χ0n) is 5.49. The molecular formula is C6H11NY-2. The largest absolute Gasteiger partial charge is 0.676 e. The Morgan fingerprint density at radius 3 is 2.25 bits per heavy atom. The Bertz CT molecular complexity index is 68.9. The van der Waals surface area contributed by atoms with Crippen molar-refractivity contribution in [3.63, 3.8) is 0 Å². The summed E-state index contributed by atoms with van der Waals surface area (Å²) in [6, 6.07) is 0. The molecule has 0 spiro atoms. The first-order valence-corrected chi connectivity index (χ1v) is 2.52. The van der Waals surface area contributed by atoms with Crippen molar-refractivity contribution in [2.45, 2.75) is 20.3 Å². The fourth-order valence-electron chi connectivity index (χ4n) is 0.364. The van der Waals surface area contributed by atoms with E-state index in [2.05, 4.69) is 6.08 Å². The molecule has 0 aromatic carbocycles. The van der Waals surface area contributed by atoms with E-state index < -0.39 is 0 Å². The van der Waals surface area contributed by atoms with Crippen LogP contribution in [-0.2, 0) is 32.7 Å². The van der Waals surface area contributed by atoms with Gasteiger partial charge in [0, 0.05) is 32.7 Å². The van der Waals surface area contributed by atoms with Crippen LogP contribution < -0.4 is 0 Å². The second kappa shape index (κ2) is 7.80. The van der Waals surface area contributed by atoms with Crippen LogP contribution in [0.3, 0.4) is 0 Å². The SMILES string of the molecule is CC[C-]=C(C)C[NH-].[Y]. The van der Waals surface area contributed by atoms with E-state index >= 15 is 0 Å². The molecule has 0 fully saturated rings. The molecule has 0 rings (SSSR count). The Labute approximate surface area is 76.6 Å². The second-order valence-corrected chi connectivity index (χ2v) is 1.49. The van der Waals surface area contributed by atoms with E-state index in [1.54, 1.807) is 0 Å². The second-order valence-electron chi connectivity index (χ2n) is 1.49. The van der Waals surface area contributed by atoms with Crippen molar-refractivity contribution in [1.29, 1.82) is 0 Å². The van der Waals surface area contributed by atoms with Crippen LogP contribution in [0.25, 0.3) is 5.73 Å². The van der Waals surface area contributed by atoms with E-state index in [0.29, 0.717) is 6.54 Å². The van der Waals surface area contributed by atoms with Gasteiger partial charge in [-0.1, -0.05) is 13.8 Å². The van der Waals surface area contributed by atoms with Gasteiger partial charge in [-0.05, 0) is 0 Å². The molecule has 0 aliphatic heterocycles. The molecule has 8 heavy (non-hydrogen) atoms. The van der Waals surface area contributed by atoms with Crippen LogP contribution >= 0.6 is 0 Å². The normalized spacial score (nSPS) is 10.6. The molecule has 1 radical (unpaired) electrons. The predicted molar refractivity (Wildman–Crippen MR) is 31.9 cm³/mol. The van der Waals surface area contributed by atoms with Crippen LogP contribution in [0.2, 0.25) is 0 Å². The summed E-state index contributed by atoms with van der Waals surface area (Å²) in [5, 5.41) is 0. The summed E-state index contributed by atoms with van der Waals surface area (Å²) >= 11 is 0. The molecule has 0 bridgehead atoms. The Balaban J connectivity index is 0. The van der Waals surface area contributed by atoms with Gasteiger partial charge in [-0.3, -0.25) is 5.57 Å². The molecule has 0 aromatic heterocycles. The van der Waals surface area contributed by atoms with Crippen LogP contribution in [0, 0.1) is 6.08 Å². The molecule has 0 aromatic rings. The van der Waals surface area contributed by atoms with Crippen molar-refractivity contribution < 1.29 is 32.7 Å². The summed E-state index contributed by atoms with van der Waals surface area (Å²) in [5.74, 6) is 0. The van der Waals surface area contributed by atoms with Crippen LogP contribution in [0.1, 0.15) is 20.3 Å². The summed E-state index contributed by atoms with van der Waals surface area (Å²) < 4.78 is 0. The molecule has 1 N–H and O–H groups in total. The Morgan fingerprint density at radius 1 is 1.62 bits per heavy atom. The van der Waals surface area contributed by atoms with Crippen molar-refractivity contribution >= 4 is 0 Å². The van der Waals surface area contributed by atoms with Crippen LogP contribution in [0.4, 0.5) is 0 Å². The van der Waals surface area contributed by atoms with E-state index in [1.807, 2.05) is 13.8 Å². The molecule has 0 saturated carbocycles. The minimum absolute atomic E-state index is 0. The average molecular weight is 186 g/mol. The van der Waals surface area contributed by atoms with Gasteiger partial charge in [0.1, 0.15) is 0 Å². The molecule has 0 amide bonds. The molecular weight excluding hydrogens is 175 g/mol. The van der Waals surface area contributed by atoms with Gasteiger partial charge in [0.05, 0.1) is 0 Å². The minimum Gasteiger partial charge on any atom is -0.676 e. The summed E-state index contributed by atoms with van der Waals surface area (Å²) in [5.41, 5.74) is 7.86. The Kier molecular flexibility index (Phi) is 11.3. The molecule has 2 heteroatoms. The first-order chi connectivity index (χ1) is 3.31. The van der Waals surface area contributed by atoms with Crippen molar-refractivity contribution in [3.05, 3.63) is 17.4 Å². The van der Waals surface area contributed by atoms with Crippen molar-refractivity contribution in [2.24, 2.45) is 0 Å². The minimum atomic E-state index is 0. The van der Waals surface area contributed by atoms with Crippen LogP contribution in [0.15, 0.2) is 5.57 Å². The summed E-state index contributed by atoms with van der Waals surface area (Å²) in [4.78, 5) is 0. The molecule has 0 atom stereocenters. The third-order valence-electron chi connectivity index (χ3n) is 0.744. The predicted octanol–water partition coefficient (Wildman–Crippen LogP) is 2.20. The fourth-order valence-corrected chi connectivity index (χ4v) is 0.364.